The minimum atomic E-state index is -4.17. The first-order valence-corrected chi connectivity index (χ1v) is 11.2. The van der Waals surface area contributed by atoms with Gasteiger partial charge in [-0.1, -0.05) is 18.2 Å². The SMILES string of the molecule is COc1ccc(C)cc1S(=O)(=O)Nc1cc(-n2c(C)nc3ccccc3c2=O)ccc1F. The van der Waals surface area contributed by atoms with Crippen LogP contribution in [-0.4, -0.2) is 25.1 Å². The van der Waals surface area contributed by atoms with Crippen molar-refractivity contribution in [2.45, 2.75) is 18.7 Å². The Labute approximate surface area is 184 Å². The number of para-hydroxylation sites is 1. The Morgan fingerprint density at radius 2 is 1.78 bits per heavy atom. The minimum Gasteiger partial charge on any atom is -0.495 e. The van der Waals surface area contributed by atoms with Crippen molar-refractivity contribution in [1.82, 2.24) is 9.55 Å². The number of benzene rings is 3. The molecule has 0 amide bonds. The fourth-order valence-electron chi connectivity index (χ4n) is 3.47. The predicted molar refractivity (Wildman–Crippen MR) is 121 cm³/mol. The van der Waals surface area contributed by atoms with E-state index in [0.717, 1.165) is 6.07 Å². The molecular formula is C23H20FN3O4S. The molecule has 0 fully saturated rings. The summed E-state index contributed by atoms with van der Waals surface area (Å²) in [5, 5.41) is 0.397. The van der Waals surface area contributed by atoms with E-state index in [1.54, 1.807) is 44.2 Å². The summed E-state index contributed by atoms with van der Waals surface area (Å²) in [7, 11) is -2.82. The van der Waals surface area contributed by atoms with Crippen LogP contribution in [0.3, 0.4) is 0 Å². The van der Waals surface area contributed by atoms with E-state index in [0.29, 0.717) is 22.3 Å². The molecule has 0 bridgehead atoms. The second-order valence-corrected chi connectivity index (χ2v) is 8.89. The number of aryl methyl sites for hydroxylation is 2. The number of nitrogens with one attached hydrogen (secondary N) is 1. The summed E-state index contributed by atoms with van der Waals surface area (Å²) in [5.74, 6) is -0.275. The lowest BCUT2D eigenvalue weighted by Crippen LogP contribution is -2.22. The zero-order valence-electron chi connectivity index (χ0n) is 17.6. The molecule has 0 radical (unpaired) electrons. The number of hydrogen-bond donors (Lipinski definition) is 1. The number of anilines is 1. The van der Waals surface area contributed by atoms with Crippen LogP contribution < -0.4 is 15.0 Å². The van der Waals surface area contributed by atoms with Gasteiger partial charge in [-0.2, -0.15) is 0 Å². The van der Waals surface area contributed by atoms with Crippen LogP contribution in [0.15, 0.2) is 70.4 Å². The van der Waals surface area contributed by atoms with E-state index < -0.39 is 15.8 Å². The molecule has 0 saturated carbocycles. The van der Waals surface area contributed by atoms with Gasteiger partial charge < -0.3 is 4.74 Å². The van der Waals surface area contributed by atoms with Gasteiger partial charge in [-0.3, -0.25) is 14.1 Å². The average Bonchev–Trinajstić information content (AvgIpc) is 2.75. The molecule has 1 heterocycles. The molecule has 32 heavy (non-hydrogen) atoms. The van der Waals surface area contributed by atoms with E-state index in [4.69, 9.17) is 4.74 Å². The number of aromatic nitrogens is 2. The number of sulfonamides is 1. The lowest BCUT2D eigenvalue weighted by Gasteiger charge is -2.15. The summed E-state index contributed by atoms with van der Waals surface area (Å²) in [6.45, 7) is 3.39. The summed E-state index contributed by atoms with van der Waals surface area (Å²) in [6, 6.07) is 15.3. The molecule has 0 atom stereocenters. The summed E-state index contributed by atoms with van der Waals surface area (Å²) in [4.78, 5) is 17.4. The normalized spacial score (nSPS) is 11.5. The zero-order valence-corrected chi connectivity index (χ0v) is 18.4. The Hall–Kier alpha value is -3.72. The number of ether oxygens (including phenoxy) is 1. The molecule has 0 saturated heterocycles. The number of methoxy groups -OCH3 is 1. The van der Waals surface area contributed by atoms with Gasteiger partial charge in [0.1, 0.15) is 22.3 Å². The Morgan fingerprint density at radius 1 is 1.03 bits per heavy atom. The summed E-state index contributed by atoms with van der Waals surface area (Å²) < 4.78 is 49.3. The van der Waals surface area contributed by atoms with Gasteiger partial charge in [0.05, 0.1) is 29.4 Å². The number of rotatable bonds is 5. The van der Waals surface area contributed by atoms with Crippen molar-refractivity contribution in [1.29, 1.82) is 0 Å². The van der Waals surface area contributed by atoms with Gasteiger partial charge in [0.25, 0.3) is 15.6 Å². The fourth-order valence-corrected chi connectivity index (χ4v) is 4.79. The summed E-state index contributed by atoms with van der Waals surface area (Å²) >= 11 is 0. The molecule has 3 aromatic carbocycles. The number of hydrogen-bond acceptors (Lipinski definition) is 5. The van der Waals surface area contributed by atoms with Gasteiger partial charge in [0.15, 0.2) is 0 Å². The molecule has 4 rings (SSSR count). The number of halogens is 1. The molecule has 0 unspecified atom stereocenters. The fraction of sp³-hybridized carbons (Fsp3) is 0.130. The van der Waals surface area contributed by atoms with Crippen molar-refractivity contribution >= 4 is 26.6 Å². The highest BCUT2D eigenvalue weighted by atomic mass is 32.2. The van der Waals surface area contributed by atoms with Crippen LogP contribution in [0.2, 0.25) is 0 Å². The molecule has 0 aliphatic rings. The maximum atomic E-state index is 14.6. The summed E-state index contributed by atoms with van der Waals surface area (Å²) in [5.41, 5.74) is 0.881. The van der Waals surface area contributed by atoms with Crippen molar-refractivity contribution < 1.29 is 17.5 Å². The van der Waals surface area contributed by atoms with E-state index in [2.05, 4.69) is 9.71 Å². The maximum absolute atomic E-state index is 14.6. The number of fused-ring (bicyclic) bond motifs is 1. The highest BCUT2D eigenvalue weighted by Crippen LogP contribution is 2.28. The third-order valence-electron chi connectivity index (χ3n) is 5.00. The van der Waals surface area contributed by atoms with Gasteiger partial charge in [-0.25, -0.2) is 17.8 Å². The van der Waals surface area contributed by atoms with Crippen LogP contribution >= 0.6 is 0 Å². The smallest absolute Gasteiger partial charge is 0.265 e. The average molecular weight is 453 g/mol. The van der Waals surface area contributed by atoms with Crippen molar-refractivity contribution in [3.8, 4) is 11.4 Å². The molecular weight excluding hydrogens is 433 g/mol. The molecule has 0 spiro atoms. The van der Waals surface area contributed by atoms with Gasteiger partial charge in [-0.15, -0.1) is 0 Å². The van der Waals surface area contributed by atoms with Crippen LogP contribution in [0.25, 0.3) is 16.6 Å². The van der Waals surface area contributed by atoms with Crippen LogP contribution in [-0.2, 0) is 10.0 Å². The number of nitrogens with zero attached hydrogens (tertiary/aromatic N) is 2. The summed E-state index contributed by atoms with van der Waals surface area (Å²) in [6.07, 6.45) is 0. The molecule has 9 heteroatoms. The maximum Gasteiger partial charge on any atom is 0.265 e. The third kappa shape index (κ3) is 3.82. The van der Waals surface area contributed by atoms with Crippen molar-refractivity contribution in [2.75, 3.05) is 11.8 Å². The molecule has 4 aromatic rings. The Kier molecular flexibility index (Phi) is 5.43. The van der Waals surface area contributed by atoms with E-state index in [1.165, 1.54) is 35.9 Å². The molecule has 0 aliphatic carbocycles. The third-order valence-corrected chi connectivity index (χ3v) is 6.39. The Bertz CT molecular complexity index is 1510. The van der Waals surface area contributed by atoms with Gasteiger partial charge in [-0.05, 0) is 61.9 Å². The van der Waals surface area contributed by atoms with Gasteiger partial charge in [0.2, 0.25) is 0 Å². The van der Waals surface area contributed by atoms with Crippen molar-refractivity contribution in [3.63, 3.8) is 0 Å². The monoisotopic (exact) mass is 453 g/mol. The minimum absolute atomic E-state index is 0.120. The Morgan fingerprint density at radius 3 is 2.53 bits per heavy atom. The molecule has 1 N–H and O–H groups in total. The molecule has 1 aromatic heterocycles. The molecule has 7 nitrogen and oxygen atoms in total. The first-order chi connectivity index (χ1) is 15.2. The lowest BCUT2D eigenvalue weighted by molar-refractivity contribution is 0.402. The Balaban J connectivity index is 1.83. The zero-order chi connectivity index (χ0) is 23.0. The topological polar surface area (TPSA) is 90.3 Å². The van der Waals surface area contributed by atoms with Crippen molar-refractivity contribution in [3.05, 3.63) is 88.2 Å². The lowest BCUT2D eigenvalue weighted by atomic mass is 10.2. The first-order valence-electron chi connectivity index (χ1n) is 9.67. The van der Waals surface area contributed by atoms with E-state index >= 15 is 0 Å². The van der Waals surface area contributed by atoms with Crippen LogP contribution in [0.5, 0.6) is 5.75 Å². The van der Waals surface area contributed by atoms with Crippen LogP contribution in [0.4, 0.5) is 10.1 Å². The highest BCUT2D eigenvalue weighted by Gasteiger charge is 2.22. The van der Waals surface area contributed by atoms with E-state index in [9.17, 15) is 17.6 Å². The van der Waals surface area contributed by atoms with E-state index in [-0.39, 0.29) is 27.6 Å². The largest absolute Gasteiger partial charge is 0.495 e. The molecule has 164 valence electrons. The van der Waals surface area contributed by atoms with Gasteiger partial charge >= 0.3 is 0 Å². The predicted octanol–water partition coefficient (Wildman–Crippen LogP) is 3.95. The second-order valence-electron chi connectivity index (χ2n) is 7.24. The quantitative estimate of drug-likeness (QED) is 0.494. The van der Waals surface area contributed by atoms with Crippen molar-refractivity contribution in [2.24, 2.45) is 0 Å². The first kappa shape index (κ1) is 21.5. The second kappa shape index (κ2) is 8.08. The van der Waals surface area contributed by atoms with E-state index in [1.807, 2.05) is 0 Å². The standard InChI is InChI=1S/C23H20FN3O4S/c1-14-8-11-21(31-3)22(12-14)32(29,30)26-20-13-16(9-10-18(20)24)27-15(2)25-19-7-5-4-6-17(19)23(27)28/h4-13,26H,1-3H3. The highest BCUT2D eigenvalue weighted by molar-refractivity contribution is 7.92. The van der Waals surface area contributed by atoms with Crippen LogP contribution in [0.1, 0.15) is 11.4 Å². The van der Waals surface area contributed by atoms with Crippen LogP contribution in [0, 0.1) is 19.7 Å². The van der Waals surface area contributed by atoms with Gasteiger partial charge in [0, 0.05) is 0 Å². The molecule has 0 aliphatic heterocycles.